The highest BCUT2D eigenvalue weighted by molar-refractivity contribution is 6.02. The van der Waals surface area contributed by atoms with Crippen LogP contribution in [0.1, 0.15) is 30.8 Å². The van der Waals surface area contributed by atoms with E-state index in [0.29, 0.717) is 12.3 Å². The molecule has 1 aromatic rings. The van der Waals surface area contributed by atoms with E-state index in [4.69, 9.17) is 4.74 Å². The second-order valence-corrected chi connectivity index (χ2v) is 2.99. The summed E-state index contributed by atoms with van der Waals surface area (Å²) in [5, 5.41) is 7.60. The Morgan fingerprint density at radius 2 is 2.40 bits per heavy atom. The monoisotopic (exact) mass is 209 g/mol. The zero-order chi connectivity index (χ0) is 11.1. The highest BCUT2D eigenvalue weighted by Crippen LogP contribution is 1.97. The summed E-state index contributed by atoms with van der Waals surface area (Å²) in [6.07, 6.45) is 5.33. The molecule has 15 heavy (non-hydrogen) atoms. The first kappa shape index (κ1) is 11.4. The molecule has 0 spiro atoms. The zero-order valence-electron chi connectivity index (χ0n) is 9.01. The van der Waals surface area contributed by atoms with Gasteiger partial charge in [-0.25, -0.2) is 0 Å². The Kier molecular flexibility index (Phi) is 4.53. The summed E-state index contributed by atoms with van der Waals surface area (Å²) >= 11 is 0. The lowest BCUT2D eigenvalue weighted by atomic mass is 10.3. The molecule has 1 rings (SSSR count). The number of aromatic nitrogens is 3. The second kappa shape index (κ2) is 5.95. The third-order valence-electron chi connectivity index (χ3n) is 1.73. The van der Waals surface area contributed by atoms with E-state index in [1.807, 2.05) is 13.8 Å². The molecule has 82 valence electrons. The highest BCUT2D eigenvalue weighted by atomic mass is 16.5. The summed E-state index contributed by atoms with van der Waals surface area (Å²) in [7, 11) is 0. The van der Waals surface area contributed by atoms with Crippen molar-refractivity contribution in [3.8, 4) is 0 Å². The van der Waals surface area contributed by atoms with E-state index in [9.17, 15) is 4.79 Å². The van der Waals surface area contributed by atoms with Crippen molar-refractivity contribution < 1.29 is 9.53 Å². The highest BCUT2D eigenvalue weighted by Gasteiger charge is 2.06. The number of hydrogen-bond acceptors (Lipinski definition) is 4. The van der Waals surface area contributed by atoms with Gasteiger partial charge < -0.3 is 4.74 Å². The van der Waals surface area contributed by atoms with E-state index in [-0.39, 0.29) is 5.78 Å². The fourth-order valence-electron chi connectivity index (χ4n) is 1.04. The first-order valence-corrected chi connectivity index (χ1v) is 5.00. The van der Waals surface area contributed by atoms with Crippen LogP contribution in [-0.4, -0.2) is 27.4 Å². The van der Waals surface area contributed by atoms with Crippen LogP contribution >= 0.6 is 0 Å². The molecule has 0 aliphatic rings. The van der Waals surface area contributed by atoms with Gasteiger partial charge in [-0.15, -0.1) is 5.10 Å². The van der Waals surface area contributed by atoms with E-state index < -0.39 is 0 Å². The summed E-state index contributed by atoms with van der Waals surface area (Å²) < 4.78 is 6.58. The molecule has 0 amide bonds. The Bertz CT molecular complexity index is 344. The first-order chi connectivity index (χ1) is 7.27. The molecule has 0 aliphatic heterocycles. The van der Waals surface area contributed by atoms with Gasteiger partial charge in [0.25, 0.3) is 0 Å². The average molecular weight is 209 g/mol. The van der Waals surface area contributed by atoms with Crippen molar-refractivity contribution in [3.05, 3.63) is 24.2 Å². The molecule has 0 saturated carbocycles. The number of ketones is 1. The Morgan fingerprint density at radius 3 is 3.07 bits per heavy atom. The molecule has 0 atom stereocenters. The third kappa shape index (κ3) is 3.53. The van der Waals surface area contributed by atoms with E-state index >= 15 is 0 Å². The lowest BCUT2D eigenvalue weighted by Gasteiger charge is -1.92. The minimum Gasteiger partial charge on any atom is -0.501 e. The lowest BCUT2D eigenvalue weighted by Crippen LogP contribution is -1.97. The van der Waals surface area contributed by atoms with Crippen molar-refractivity contribution in [1.82, 2.24) is 15.0 Å². The maximum absolute atomic E-state index is 11.5. The molecule has 1 heterocycles. The van der Waals surface area contributed by atoms with Gasteiger partial charge in [0.15, 0.2) is 5.69 Å². The van der Waals surface area contributed by atoms with Crippen molar-refractivity contribution in [2.24, 2.45) is 0 Å². The van der Waals surface area contributed by atoms with Crippen molar-refractivity contribution in [2.45, 2.75) is 26.8 Å². The Morgan fingerprint density at radius 1 is 1.60 bits per heavy atom. The van der Waals surface area contributed by atoms with Crippen LogP contribution in [0.4, 0.5) is 0 Å². The minimum atomic E-state index is -0.189. The maximum Gasteiger partial charge on any atom is 0.210 e. The van der Waals surface area contributed by atoms with Crippen LogP contribution in [0.2, 0.25) is 0 Å². The largest absolute Gasteiger partial charge is 0.501 e. The van der Waals surface area contributed by atoms with E-state index in [0.717, 1.165) is 13.0 Å². The summed E-state index contributed by atoms with van der Waals surface area (Å²) in [5.41, 5.74) is 0.347. The molecule has 1 aromatic heterocycles. The van der Waals surface area contributed by atoms with Gasteiger partial charge in [-0.3, -0.25) is 9.48 Å². The van der Waals surface area contributed by atoms with Gasteiger partial charge >= 0.3 is 0 Å². The molecule has 5 heteroatoms. The van der Waals surface area contributed by atoms with Gasteiger partial charge in [-0.05, 0) is 13.3 Å². The quantitative estimate of drug-likeness (QED) is 0.404. The molecule has 0 fully saturated rings. The number of nitrogens with zero attached hydrogens (tertiary/aromatic N) is 3. The summed E-state index contributed by atoms with van der Waals surface area (Å²) in [6, 6.07) is 0. The Hall–Kier alpha value is -1.65. The molecule has 0 N–H and O–H groups in total. The Labute approximate surface area is 88.7 Å². The second-order valence-electron chi connectivity index (χ2n) is 2.99. The molecule has 0 aromatic carbocycles. The SMILES string of the molecule is CCCn1cc(C(=O)/C=C/OCC)nn1. The normalized spacial score (nSPS) is 10.8. The lowest BCUT2D eigenvalue weighted by molar-refractivity contribution is 0.103. The van der Waals surface area contributed by atoms with Crippen molar-refractivity contribution in [1.29, 1.82) is 0 Å². The molecule has 0 unspecified atom stereocenters. The zero-order valence-corrected chi connectivity index (χ0v) is 9.01. The molecule has 0 saturated heterocycles. The summed E-state index contributed by atoms with van der Waals surface area (Å²) in [6.45, 7) is 5.21. The number of aryl methyl sites for hydroxylation is 1. The van der Waals surface area contributed by atoms with Gasteiger partial charge in [0.2, 0.25) is 5.78 Å². The van der Waals surface area contributed by atoms with Crippen LogP contribution in [0.15, 0.2) is 18.5 Å². The Balaban J connectivity index is 2.57. The van der Waals surface area contributed by atoms with Crippen LogP contribution in [0.25, 0.3) is 0 Å². The number of carbonyl (C=O) groups is 1. The van der Waals surface area contributed by atoms with Crippen LogP contribution in [0, 0.1) is 0 Å². The molecular formula is C10H15N3O2. The third-order valence-corrected chi connectivity index (χ3v) is 1.73. The van der Waals surface area contributed by atoms with Crippen LogP contribution in [-0.2, 0) is 11.3 Å². The standard InChI is InChI=1S/C10H15N3O2/c1-3-6-13-8-9(11-12-13)10(14)5-7-15-4-2/h5,7-8H,3-4,6H2,1-2H3/b7-5+. The molecule has 0 radical (unpaired) electrons. The van der Waals surface area contributed by atoms with Crippen molar-refractivity contribution >= 4 is 5.78 Å². The average Bonchev–Trinajstić information content (AvgIpc) is 2.67. The summed E-state index contributed by atoms with van der Waals surface area (Å²) in [4.78, 5) is 11.5. The van der Waals surface area contributed by atoms with Gasteiger partial charge in [-0.1, -0.05) is 12.1 Å². The number of ether oxygens (including phenoxy) is 1. The van der Waals surface area contributed by atoms with Crippen LogP contribution < -0.4 is 0 Å². The summed E-state index contributed by atoms with van der Waals surface area (Å²) in [5.74, 6) is -0.189. The van der Waals surface area contributed by atoms with Crippen molar-refractivity contribution in [3.63, 3.8) is 0 Å². The fourth-order valence-corrected chi connectivity index (χ4v) is 1.04. The number of carbonyl (C=O) groups excluding carboxylic acids is 1. The predicted molar refractivity (Wildman–Crippen MR) is 55.4 cm³/mol. The molecule has 5 nitrogen and oxygen atoms in total. The number of hydrogen-bond donors (Lipinski definition) is 0. The molecular weight excluding hydrogens is 194 g/mol. The van der Waals surface area contributed by atoms with E-state index in [1.54, 1.807) is 10.9 Å². The molecule has 0 aliphatic carbocycles. The van der Waals surface area contributed by atoms with Gasteiger partial charge in [0.1, 0.15) is 0 Å². The predicted octanol–water partition coefficient (Wildman–Crippen LogP) is 1.42. The number of allylic oxidation sites excluding steroid dienone is 1. The fraction of sp³-hybridized carbons (Fsp3) is 0.500. The topological polar surface area (TPSA) is 57.0 Å². The van der Waals surface area contributed by atoms with Crippen molar-refractivity contribution in [2.75, 3.05) is 6.61 Å². The van der Waals surface area contributed by atoms with Crippen LogP contribution in [0.3, 0.4) is 0 Å². The van der Waals surface area contributed by atoms with Gasteiger partial charge in [0.05, 0.1) is 19.1 Å². The van der Waals surface area contributed by atoms with Gasteiger partial charge in [-0.2, -0.15) is 0 Å². The number of rotatable bonds is 6. The first-order valence-electron chi connectivity index (χ1n) is 5.00. The smallest absolute Gasteiger partial charge is 0.210 e. The van der Waals surface area contributed by atoms with Gasteiger partial charge in [0, 0.05) is 12.6 Å². The van der Waals surface area contributed by atoms with E-state index in [2.05, 4.69) is 10.3 Å². The maximum atomic E-state index is 11.5. The molecule has 0 bridgehead atoms. The minimum absolute atomic E-state index is 0.189. The van der Waals surface area contributed by atoms with Crippen LogP contribution in [0.5, 0.6) is 0 Å². The van der Waals surface area contributed by atoms with E-state index in [1.165, 1.54) is 12.3 Å².